The predicted octanol–water partition coefficient (Wildman–Crippen LogP) is 1.91. The topological polar surface area (TPSA) is 42.0 Å². The van der Waals surface area contributed by atoms with Crippen LogP contribution in [0.3, 0.4) is 0 Å². The first-order valence-electron chi connectivity index (χ1n) is 4.57. The molecule has 4 heteroatoms. The van der Waals surface area contributed by atoms with Crippen LogP contribution in [0, 0.1) is 0 Å². The normalized spacial score (nSPS) is 12.1. The first-order valence-corrected chi connectivity index (χ1v) is 5.62. The number of thioether (sulfide) groups is 1. The predicted molar refractivity (Wildman–Crippen MR) is 59.3 cm³/mol. The van der Waals surface area contributed by atoms with Gasteiger partial charge in [-0.3, -0.25) is 9.78 Å². The monoisotopic (exact) mass is 210 g/mol. The first-order chi connectivity index (χ1) is 6.74. The molecule has 0 aromatic carbocycles. The van der Waals surface area contributed by atoms with Crippen LogP contribution in [0.4, 0.5) is 0 Å². The summed E-state index contributed by atoms with van der Waals surface area (Å²) in [7, 11) is 0. The molecule has 0 radical (unpaired) electrons. The summed E-state index contributed by atoms with van der Waals surface area (Å²) in [6, 6.07) is 5.30. The third-order valence-electron chi connectivity index (χ3n) is 1.65. The molecule has 0 spiro atoms. The van der Waals surface area contributed by atoms with E-state index in [2.05, 4.69) is 17.2 Å². The molecule has 1 aromatic rings. The molecular formula is C10H14N2OS. The van der Waals surface area contributed by atoms with Crippen molar-refractivity contribution in [3.63, 3.8) is 0 Å². The van der Waals surface area contributed by atoms with E-state index in [0.717, 1.165) is 5.75 Å². The van der Waals surface area contributed by atoms with Crippen molar-refractivity contribution in [2.75, 3.05) is 5.75 Å². The van der Waals surface area contributed by atoms with Crippen molar-refractivity contribution >= 4 is 17.7 Å². The lowest BCUT2D eigenvalue weighted by molar-refractivity contribution is 0.0947. The molecule has 1 aromatic heterocycles. The van der Waals surface area contributed by atoms with E-state index in [4.69, 9.17) is 0 Å². The maximum absolute atomic E-state index is 11.5. The van der Waals surface area contributed by atoms with E-state index >= 15 is 0 Å². The Morgan fingerprint density at radius 2 is 2.43 bits per heavy atom. The van der Waals surface area contributed by atoms with Crippen LogP contribution in [0.2, 0.25) is 0 Å². The lowest BCUT2D eigenvalue weighted by atomic mass is 10.3. The zero-order valence-electron chi connectivity index (χ0n) is 8.36. The van der Waals surface area contributed by atoms with Gasteiger partial charge in [-0.1, -0.05) is 13.0 Å². The van der Waals surface area contributed by atoms with Crippen molar-refractivity contribution in [2.45, 2.75) is 19.2 Å². The molecule has 1 atom stereocenters. The Balaban J connectivity index is 2.51. The van der Waals surface area contributed by atoms with Gasteiger partial charge in [0, 0.05) is 6.20 Å². The van der Waals surface area contributed by atoms with Gasteiger partial charge < -0.3 is 5.32 Å². The van der Waals surface area contributed by atoms with Crippen LogP contribution in [0.25, 0.3) is 0 Å². The van der Waals surface area contributed by atoms with Gasteiger partial charge in [0.15, 0.2) is 0 Å². The van der Waals surface area contributed by atoms with Crippen molar-refractivity contribution in [3.05, 3.63) is 30.1 Å². The maximum atomic E-state index is 11.5. The highest BCUT2D eigenvalue weighted by Gasteiger charge is 2.09. The Hall–Kier alpha value is -1.03. The van der Waals surface area contributed by atoms with Gasteiger partial charge in [-0.2, -0.15) is 0 Å². The minimum atomic E-state index is -0.112. The summed E-state index contributed by atoms with van der Waals surface area (Å²) in [5.41, 5.74) is 0.469. The van der Waals surface area contributed by atoms with Gasteiger partial charge in [-0.05, 0) is 24.8 Å². The van der Waals surface area contributed by atoms with Crippen LogP contribution >= 0.6 is 11.8 Å². The lowest BCUT2D eigenvalue weighted by Crippen LogP contribution is -2.30. The molecule has 1 rings (SSSR count). The molecule has 0 aliphatic rings. The van der Waals surface area contributed by atoms with E-state index < -0.39 is 0 Å². The average molecular weight is 210 g/mol. The highest BCUT2D eigenvalue weighted by molar-refractivity contribution is 7.99. The fourth-order valence-corrected chi connectivity index (χ4v) is 1.74. The highest BCUT2D eigenvalue weighted by Crippen LogP contribution is 2.06. The molecule has 1 unspecified atom stereocenters. The quantitative estimate of drug-likeness (QED) is 0.772. The second-order valence-electron chi connectivity index (χ2n) is 2.79. The molecule has 3 nitrogen and oxygen atoms in total. The second kappa shape index (κ2) is 5.65. The minimum Gasteiger partial charge on any atom is -0.339 e. The van der Waals surface area contributed by atoms with Crippen molar-refractivity contribution in [3.8, 4) is 0 Å². The number of carbonyl (C=O) groups excluding carboxylic acids is 1. The maximum Gasteiger partial charge on any atom is 0.270 e. The lowest BCUT2D eigenvalue weighted by Gasteiger charge is -2.11. The molecule has 0 saturated carbocycles. The summed E-state index contributed by atoms with van der Waals surface area (Å²) in [6.45, 7) is 4.03. The van der Waals surface area contributed by atoms with Gasteiger partial charge in [0.25, 0.3) is 5.91 Å². The van der Waals surface area contributed by atoms with Crippen LogP contribution < -0.4 is 5.32 Å². The van der Waals surface area contributed by atoms with Crippen LogP contribution in [0.5, 0.6) is 0 Å². The third kappa shape index (κ3) is 3.38. The average Bonchev–Trinajstić information content (AvgIpc) is 2.19. The van der Waals surface area contributed by atoms with Gasteiger partial charge in [-0.25, -0.2) is 0 Å². The molecule has 0 aliphatic carbocycles. The zero-order valence-corrected chi connectivity index (χ0v) is 9.17. The number of amides is 1. The smallest absolute Gasteiger partial charge is 0.270 e. The summed E-state index contributed by atoms with van der Waals surface area (Å²) in [5, 5.41) is 2.99. The molecule has 0 aliphatic heterocycles. The molecular weight excluding hydrogens is 196 g/mol. The Morgan fingerprint density at radius 1 is 1.64 bits per heavy atom. The van der Waals surface area contributed by atoms with Crippen LogP contribution in [-0.2, 0) is 0 Å². The van der Waals surface area contributed by atoms with E-state index in [1.54, 1.807) is 36.2 Å². The third-order valence-corrected chi connectivity index (χ3v) is 2.60. The van der Waals surface area contributed by atoms with E-state index in [1.165, 1.54) is 0 Å². The number of hydrogen-bond acceptors (Lipinski definition) is 3. The summed E-state index contributed by atoms with van der Waals surface area (Å²) in [5.74, 6) is 0.878. The molecule has 0 fully saturated rings. The Labute approximate surface area is 88.3 Å². The Kier molecular flexibility index (Phi) is 4.46. The zero-order chi connectivity index (χ0) is 10.4. The van der Waals surface area contributed by atoms with Crippen LogP contribution in [-0.4, -0.2) is 22.0 Å². The molecule has 1 amide bonds. The Morgan fingerprint density at radius 3 is 3.00 bits per heavy atom. The summed E-state index contributed by atoms with van der Waals surface area (Å²) in [4.78, 5) is 15.5. The largest absolute Gasteiger partial charge is 0.339 e. The van der Waals surface area contributed by atoms with Crippen molar-refractivity contribution in [2.24, 2.45) is 0 Å². The van der Waals surface area contributed by atoms with Crippen molar-refractivity contribution in [1.82, 2.24) is 10.3 Å². The fourth-order valence-electron chi connectivity index (χ4n) is 1.05. The second-order valence-corrected chi connectivity index (χ2v) is 4.40. The number of pyridine rings is 1. The molecule has 1 heterocycles. The summed E-state index contributed by atoms with van der Waals surface area (Å²) < 4.78 is 0. The fraction of sp³-hybridized carbons (Fsp3) is 0.400. The number of nitrogens with zero attached hydrogens (tertiary/aromatic N) is 1. The molecule has 76 valence electrons. The standard InChI is InChI=1S/C10H14N2OS/c1-3-14-8(2)12-10(13)9-6-4-5-7-11-9/h4-8H,3H2,1-2H3,(H,12,13). The van der Waals surface area contributed by atoms with Gasteiger partial charge >= 0.3 is 0 Å². The number of hydrogen-bond donors (Lipinski definition) is 1. The first kappa shape index (κ1) is 11.0. The SMILES string of the molecule is CCSC(C)NC(=O)c1ccccn1. The summed E-state index contributed by atoms with van der Waals surface area (Å²) >= 11 is 1.69. The van der Waals surface area contributed by atoms with E-state index in [9.17, 15) is 4.79 Å². The van der Waals surface area contributed by atoms with E-state index in [1.807, 2.05) is 6.92 Å². The van der Waals surface area contributed by atoms with Crippen LogP contribution in [0.1, 0.15) is 24.3 Å². The van der Waals surface area contributed by atoms with Crippen LogP contribution in [0.15, 0.2) is 24.4 Å². The van der Waals surface area contributed by atoms with E-state index in [-0.39, 0.29) is 11.3 Å². The number of aromatic nitrogens is 1. The molecule has 14 heavy (non-hydrogen) atoms. The van der Waals surface area contributed by atoms with E-state index in [0.29, 0.717) is 5.69 Å². The number of rotatable bonds is 4. The minimum absolute atomic E-state index is 0.112. The van der Waals surface area contributed by atoms with Gasteiger partial charge in [-0.15, -0.1) is 11.8 Å². The number of nitrogens with one attached hydrogen (secondary N) is 1. The van der Waals surface area contributed by atoms with Crippen molar-refractivity contribution < 1.29 is 4.79 Å². The van der Waals surface area contributed by atoms with Gasteiger partial charge in [0.05, 0.1) is 5.37 Å². The number of carbonyl (C=O) groups is 1. The molecule has 0 bridgehead atoms. The van der Waals surface area contributed by atoms with Gasteiger partial charge in [0.2, 0.25) is 0 Å². The van der Waals surface area contributed by atoms with Gasteiger partial charge in [0.1, 0.15) is 5.69 Å². The Bertz CT molecular complexity index is 289. The molecule has 0 saturated heterocycles. The van der Waals surface area contributed by atoms with Crippen molar-refractivity contribution in [1.29, 1.82) is 0 Å². The highest BCUT2D eigenvalue weighted by atomic mass is 32.2. The summed E-state index contributed by atoms with van der Waals surface area (Å²) in [6.07, 6.45) is 1.62. The molecule has 1 N–H and O–H groups in total.